The number of rotatable bonds is 7. The van der Waals surface area contributed by atoms with Gasteiger partial charge in [-0.1, -0.05) is 41.5 Å². The molecular weight excluding hydrogens is 244 g/mol. The standard InChI is InChI=1S/C18H40N2/c1-15(2,3)13-17(7,8)19-11-12-20-18(9,10)14-16(4,5)6/h19-20H,11-14H2,1-10H3. The van der Waals surface area contributed by atoms with E-state index in [4.69, 9.17) is 0 Å². The van der Waals surface area contributed by atoms with E-state index in [2.05, 4.69) is 79.9 Å². The van der Waals surface area contributed by atoms with Gasteiger partial charge >= 0.3 is 0 Å². The second-order valence-electron chi connectivity index (χ2n) is 10.1. The summed E-state index contributed by atoms with van der Waals surface area (Å²) in [4.78, 5) is 0. The van der Waals surface area contributed by atoms with Gasteiger partial charge in [-0.15, -0.1) is 0 Å². The zero-order valence-corrected chi connectivity index (χ0v) is 15.8. The van der Waals surface area contributed by atoms with Crippen LogP contribution < -0.4 is 10.6 Å². The quantitative estimate of drug-likeness (QED) is 0.668. The Balaban J connectivity index is 4.08. The Kier molecular flexibility index (Phi) is 6.76. The average Bonchev–Trinajstić information content (AvgIpc) is 2.04. The molecule has 0 radical (unpaired) electrons. The second-order valence-corrected chi connectivity index (χ2v) is 10.1. The molecule has 20 heavy (non-hydrogen) atoms. The largest absolute Gasteiger partial charge is 0.311 e. The van der Waals surface area contributed by atoms with Gasteiger partial charge in [0.15, 0.2) is 0 Å². The predicted octanol–water partition coefficient (Wildman–Crippen LogP) is 4.60. The van der Waals surface area contributed by atoms with E-state index in [0.717, 1.165) is 13.1 Å². The minimum Gasteiger partial charge on any atom is -0.311 e. The van der Waals surface area contributed by atoms with Gasteiger partial charge in [-0.05, 0) is 51.4 Å². The fourth-order valence-corrected chi connectivity index (χ4v) is 3.58. The molecular formula is C18H40N2. The molecule has 0 heterocycles. The smallest absolute Gasteiger partial charge is 0.0130 e. The lowest BCUT2D eigenvalue weighted by molar-refractivity contribution is 0.224. The van der Waals surface area contributed by atoms with Crippen molar-refractivity contribution in [2.24, 2.45) is 10.8 Å². The van der Waals surface area contributed by atoms with Crippen LogP contribution in [0.4, 0.5) is 0 Å². The highest BCUT2D eigenvalue weighted by molar-refractivity contribution is 4.86. The van der Waals surface area contributed by atoms with Crippen LogP contribution in [0, 0.1) is 10.8 Å². The molecule has 0 bridgehead atoms. The van der Waals surface area contributed by atoms with Crippen molar-refractivity contribution < 1.29 is 0 Å². The second kappa shape index (κ2) is 6.79. The van der Waals surface area contributed by atoms with Crippen LogP contribution in [0.25, 0.3) is 0 Å². The van der Waals surface area contributed by atoms with Gasteiger partial charge in [0.05, 0.1) is 0 Å². The molecule has 0 aliphatic rings. The van der Waals surface area contributed by atoms with Gasteiger partial charge in [0.1, 0.15) is 0 Å². The maximum atomic E-state index is 3.69. The average molecular weight is 285 g/mol. The van der Waals surface area contributed by atoms with E-state index >= 15 is 0 Å². The van der Waals surface area contributed by atoms with Crippen molar-refractivity contribution in [3.63, 3.8) is 0 Å². The molecule has 0 unspecified atom stereocenters. The molecule has 0 amide bonds. The Morgan fingerprint density at radius 1 is 0.500 bits per heavy atom. The third-order valence-electron chi connectivity index (χ3n) is 3.28. The number of hydrogen-bond acceptors (Lipinski definition) is 2. The molecule has 2 N–H and O–H groups in total. The third kappa shape index (κ3) is 11.7. The van der Waals surface area contributed by atoms with Gasteiger partial charge in [-0.3, -0.25) is 0 Å². The first-order valence-corrected chi connectivity index (χ1v) is 8.12. The molecule has 0 rings (SSSR count). The summed E-state index contributed by atoms with van der Waals surface area (Å²) < 4.78 is 0. The summed E-state index contributed by atoms with van der Waals surface area (Å²) in [6, 6.07) is 0. The van der Waals surface area contributed by atoms with Gasteiger partial charge in [0.25, 0.3) is 0 Å². The molecule has 0 spiro atoms. The van der Waals surface area contributed by atoms with Crippen LogP contribution in [0.5, 0.6) is 0 Å². The molecule has 0 aromatic heterocycles. The van der Waals surface area contributed by atoms with Crippen LogP contribution in [-0.4, -0.2) is 24.2 Å². The topological polar surface area (TPSA) is 24.1 Å². The summed E-state index contributed by atoms with van der Waals surface area (Å²) in [6.07, 6.45) is 2.37. The molecule has 0 saturated heterocycles. The van der Waals surface area contributed by atoms with E-state index in [1.165, 1.54) is 12.8 Å². The SMILES string of the molecule is CC(C)(C)CC(C)(C)NCCNC(C)(C)CC(C)(C)C. The van der Waals surface area contributed by atoms with Crippen LogP contribution in [0.3, 0.4) is 0 Å². The maximum Gasteiger partial charge on any atom is 0.0130 e. The molecule has 0 aromatic carbocycles. The highest BCUT2D eigenvalue weighted by Crippen LogP contribution is 2.27. The molecule has 0 aromatic rings. The summed E-state index contributed by atoms with van der Waals surface area (Å²) in [7, 11) is 0. The molecule has 2 heteroatoms. The summed E-state index contributed by atoms with van der Waals surface area (Å²) in [5.74, 6) is 0. The normalized spacial score (nSPS) is 14.7. The first kappa shape index (κ1) is 19.9. The van der Waals surface area contributed by atoms with Crippen LogP contribution in [0.1, 0.15) is 82.1 Å². The van der Waals surface area contributed by atoms with Crippen molar-refractivity contribution in [2.75, 3.05) is 13.1 Å². The zero-order chi connectivity index (χ0) is 16.2. The van der Waals surface area contributed by atoms with E-state index in [-0.39, 0.29) is 11.1 Å². The Morgan fingerprint density at radius 2 is 0.750 bits per heavy atom. The van der Waals surface area contributed by atoms with Crippen molar-refractivity contribution in [3.05, 3.63) is 0 Å². The molecule has 0 fully saturated rings. The Bertz CT molecular complexity index is 247. The van der Waals surface area contributed by atoms with Crippen molar-refractivity contribution >= 4 is 0 Å². The molecule has 0 aliphatic carbocycles. The minimum atomic E-state index is 0.202. The number of nitrogens with one attached hydrogen (secondary N) is 2. The van der Waals surface area contributed by atoms with E-state index < -0.39 is 0 Å². The van der Waals surface area contributed by atoms with Crippen molar-refractivity contribution in [3.8, 4) is 0 Å². The van der Waals surface area contributed by atoms with Crippen LogP contribution in [0.15, 0.2) is 0 Å². The summed E-state index contributed by atoms with van der Waals surface area (Å²) in [5, 5.41) is 7.38. The Labute approximate surface area is 128 Å². The molecule has 2 nitrogen and oxygen atoms in total. The molecule has 0 atom stereocenters. The lowest BCUT2D eigenvalue weighted by atomic mass is 9.81. The van der Waals surface area contributed by atoms with E-state index in [9.17, 15) is 0 Å². The van der Waals surface area contributed by atoms with E-state index in [0.29, 0.717) is 10.8 Å². The first-order valence-electron chi connectivity index (χ1n) is 8.12. The van der Waals surface area contributed by atoms with E-state index in [1.807, 2.05) is 0 Å². The van der Waals surface area contributed by atoms with Crippen LogP contribution in [0.2, 0.25) is 0 Å². The van der Waals surface area contributed by atoms with Gasteiger partial charge < -0.3 is 10.6 Å². The third-order valence-corrected chi connectivity index (χ3v) is 3.28. The molecule has 0 aliphatic heterocycles. The Hall–Kier alpha value is -0.0800. The van der Waals surface area contributed by atoms with Gasteiger partial charge in [-0.25, -0.2) is 0 Å². The lowest BCUT2D eigenvalue weighted by Crippen LogP contribution is -2.49. The van der Waals surface area contributed by atoms with Crippen LogP contribution in [-0.2, 0) is 0 Å². The maximum absolute atomic E-state index is 3.69. The number of hydrogen-bond donors (Lipinski definition) is 2. The van der Waals surface area contributed by atoms with Gasteiger partial charge in [-0.2, -0.15) is 0 Å². The van der Waals surface area contributed by atoms with Gasteiger partial charge in [0.2, 0.25) is 0 Å². The first-order chi connectivity index (χ1) is 8.62. The zero-order valence-electron chi connectivity index (χ0n) is 15.8. The summed E-state index contributed by atoms with van der Waals surface area (Å²) >= 11 is 0. The van der Waals surface area contributed by atoms with Crippen molar-refractivity contribution in [1.82, 2.24) is 10.6 Å². The molecule has 0 saturated carbocycles. The van der Waals surface area contributed by atoms with Gasteiger partial charge in [0, 0.05) is 24.2 Å². The van der Waals surface area contributed by atoms with Crippen molar-refractivity contribution in [1.29, 1.82) is 0 Å². The summed E-state index contributed by atoms with van der Waals surface area (Å²) in [6.45, 7) is 25.1. The fraction of sp³-hybridized carbons (Fsp3) is 1.00. The predicted molar refractivity (Wildman–Crippen MR) is 92.3 cm³/mol. The minimum absolute atomic E-state index is 0.202. The lowest BCUT2D eigenvalue weighted by Gasteiger charge is -2.36. The highest BCUT2D eigenvalue weighted by Gasteiger charge is 2.26. The van der Waals surface area contributed by atoms with Crippen molar-refractivity contribution in [2.45, 2.75) is 93.2 Å². The molecule has 122 valence electrons. The Morgan fingerprint density at radius 3 is 0.950 bits per heavy atom. The summed E-state index contributed by atoms with van der Waals surface area (Å²) in [5.41, 5.74) is 1.15. The van der Waals surface area contributed by atoms with E-state index in [1.54, 1.807) is 0 Å². The monoisotopic (exact) mass is 284 g/mol. The van der Waals surface area contributed by atoms with Crippen LogP contribution >= 0.6 is 0 Å². The highest BCUT2D eigenvalue weighted by atomic mass is 15.0. The fourth-order valence-electron chi connectivity index (χ4n) is 3.58.